The number of aliphatic carboxylic acids is 1. The number of carboxylic acids is 1. The number of hydrogen-bond donors (Lipinski definition) is 2. The Bertz CT molecular complexity index is 352. The van der Waals surface area contributed by atoms with Crippen LogP contribution in [0.3, 0.4) is 0 Å². The molecule has 4 fully saturated rings. The molecule has 6 heteroatoms. The van der Waals surface area contributed by atoms with Gasteiger partial charge in [-0.15, -0.1) is 0 Å². The summed E-state index contributed by atoms with van der Waals surface area (Å²) >= 11 is 0. The topological polar surface area (TPSA) is 86.8 Å². The van der Waals surface area contributed by atoms with Gasteiger partial charge in [0.25, 0.3) is 5.60 Å². The van der Waals surface area contributed by atoms with E-state index in [-0.39, 0.29) is 11.8 Å². The summed E-state index contributed by atoms with van der Waals surface area (Å²) in [7, 11) is 0. The first-order valence-electron chi connectivity index (χ1n) is 6.11. The van der Waals surface area contributed by atoms with Crippen LogP contribution in [0.15, 0.2) is 0 Å². The SMILES string of the molecule is O=C(O)C1(O[N+](=O)O)C2CC3CC(C2)CC1C3. The minimum Gasteiger partial charge on any atom is -0.478 e. The largest absolute Gasteiger partial charge is 0.478 e. The molecule has 0 aliphatic heterocycles. The summed E-state index contributed by atoms with van der Waals surface area (Å²) in [6.45, 7) is 0. The smallest absolute Gasteiger partial charge is 0.476 e. The Morgan fingerprint density at radius 2 is 1.59 bits per heavy atom. The van der Waals surface area contributed by atoms with Crippen molar-refractivity contribution in [3.05, 3.63) is 4.91 Å². The third kappa shape index (κ3) is 1.36. The lowest BCUT2D eigenvalue weighted by Crippen LogP contribution is -2.63. The fraction of sp³-hybridized carbons (Fsp3) is 0.909. The van der Waals surface area contributed by atoms with Gasteiger partial charge < -0.3 is 5.11 Å². The zero-order chi connectivity index (χ0) is 12.2. The minimum absolute atomic E-state index is 0.139. The second-order valence-corrected chi connectivity index (χ2v) is 5.73. The minimum atomic E-state index is -1.50. The zero-order valence-electron chi connectivity index (χ0n) is 9.41. The van der Waals surface area contributed by atoms with E-state index in [0.29, 0.717) is 11.8 Å². The summed E-state index contributed by atoms with van der Waals surface area (Å²) in [5.74, 6) is -0.236. The van der Waals surface area contributed by atoms with Crippen molar-refractivity contribution in [3.63, 3.8) is 0 Å². The van der Waals surface area contributed by atoms with Crippen molar-refractivity contribution < 1.29 is 25.0 Å². The number of hydrogen-bond acceptors (Lipinski definition) is 3. The molecule has 4 rings (SSSR count). The molecule has 0 radical (unpaired) electrons. The standard InChI is InChI=1S/C11H15NO5/c13-10(14)11(17-12(15)16)8-2-6-1-7(4-8)5-9(11)3-6/h6-9H,1-5H2,(H-,13,14,15,16)/p+1. The maximum Gasteiger partial charge on any atom is 0.476 e. The highest BCUT2D eigenvalue weighted by Crippen LogP contribution is 2.59. The van der Waals surface area contributed by atoms with Crippen LogP contribution >= 0.6 is 0 Å². The molecule has 4 saturated carbocycles. The lowest BCUT2D eigenvalue weighted by molar-refractivity contribution is -0.989. The van der Waals surface area contributed by atoms with Crippen LogP contribution in [0, 0.1) is 28.6 Å². The van der Waals surface area contributed by atoms with Gasteiger partial charge in [-0.2, -0.15) is 4.84 Å². The van der Waals surface area contributed by atoms with E-state index in [4.69, 9.17) is 10.0 Å². The number of nitrogens with zero attached hydrogens (tertiary/aromatic N) is 1. The first-order valence-corrected chi connectivity index (χ1v) is 6.11. The Morgan fingerprint density at radius 1 is 1.12 bits per heavy atom. The van der Waals surface area contributed by atoms with E-state index in [1.54, 1.807) is 0 Å². The molecule has 6 nitrogen and oxygen atoms in total. The lowest BCUT2D eigenvalue weighted by atomic mass is 9.50. The third-order valence-corrected chi connectivity index (χ3v) is 4.91. The highest BCUT2D eigenvalue weighted by Gasteiger charge is 2.67. The van der Waals surface area contributed by atoms with Crippen molar-refractivity contribution in [1.82, 2.24) is 0 Å². The number of carboxylic acid groups (broad SMARTS) is 1. The van der Waals surface area contributed by atoms with E-state index in [9.17, 15) is 14.8 Å². The van der Waals surface area contributed by atoms with Crippen LogP contribution in [0.25, 0.3) is 0 Å². The van der Waals surface area contributed by atoms with Crippen molar-refractivity contribution >= 4 is 5.97 Å². The summed E-state index contributed by atoms with van der Waals surface area (Å²) in [6, 6.07) is 0. The van der Waals surface area contributed by atoms with Crippen LogP contribution < -0.4 is 0 Å². The quantitative estimate of drug-likeness (QED) is 0.730. The summed E-state index contributed by atoms with van der Waals surface area (Å²) in [5, 5.41) is 17.5. The fourth-order valence-electron chi connectivity index (χ4n) is 4.55. The molecule has 2 N–H and O–H groups in total. The van der Waals surface area contributed by atoms with Crippen molar-refractivity contribution in [2.45, 2.75) is 37.7 Å². The summed E-state index contributed by atoms with van der Waals surface area (Å²) < 4.78 is 0. The van der Waals surface area contributed by atoms with Gasteiger partial charge in [-0.3, -0.25) is 0 Å². The Kier molecular flexibility index (Phi) is 2.12. The molecule has 17 heavy (non-hydrogen) atoms. The van der Waals surface area contributed by atoms with Crippen LogP contribution in [-0.2, 0) is 9.63 Å². The second kappa shape index (κ2) is 3.34. The molecule has 0 heterocycles. The molecular weight excluding hydrogens is 226 g/mol. The van der Waals surface area contributed by atoms with E-state index in [0.717, 1.165) is 25.7 Å². The number of carbonyl (C=O) groups is 1. The van der Waals surface area contributed by atoms with Crippen LogP contribution in [-0.4, -0.2) is 27.0 Å². The molecule has 94 valence electrons. The van der Waals surface area contributed by atoms with Crippen LogP contribution in [0.1, 0.15) is 32.1 Å². The van der Waals surface area contributed by atoms with Gasteiger partial charge in [-0.25, -0.2) is 10.0 Å². The van der Waals surface area contributed by atoms with Gasteiger partial charge in [0.15, 0.2) is 0 Å². The van der Waals surface area contributed by atoms with Gasteiger partial charge in [-0.05, 0) is 43.9 Å². The van der Waals surface area contributed by atoms with Crippen molar-refractivity contribution in [1.29, 1.82) is 0 Å². The third-order valence-electron chi connectivity index (χ3n) is 4.91. The van der Waals surface area contributed by atoms with Gasteiger partial charge in [0.05, 0.1) is 0 Å². The van der Waals surface area contributed by atoms with E-state index in [1.165, 1.54) is 6.42 Å². The average Bonchev–Trinajstić information content (AvgIpc) is 2.21. The van der Waals surface area contributed by atoms with Crippen LogP contribution in [0.5, 0.6) is 0 Å². The molecular formula is C11H16NO5+. The molecule has 0 aromatic heterocycles. The molecule has 4 aliphatic rings. The van der Waals surface area contributed by atoms with E-state index in [1.807, 2.05) is 0 Å². The molecule has 0 saturated heterocycles. The number of rotatable bonds is 3. The molecule has 0 aromatic carbocycles. The van der Waals surface area contributed by atoms with Crippen molar-refractivity contribution in [2.75, 3.05) is 0 Å². The molecule has 4 aliphatic carbocycles. The summed E-state index contributed by atoms with van der Waals surface area (Å²) in [5.41, 5.74) is -1.50. The molecule has 0 aromatic rings. The Morgan fingerprint density at radius 3 is 1.94 bits per heavy atom. The molecule has 4 bridgehead atoms. The van der Waals surface area contributed by atoms with E-state index in [2.05, 4.69) is 0 Å². The predicted molar refractivity (Wildman–Crippen MR) is 53.9 cm³/mol. The molecule has 0 unspecified atom stereocenters. The average molecular weight is 242 g/mol. The van der Waals surface area contributed by atoms with Gasteiger partial charge in [-0.1, -0.05) is 0 Å². The monoisotopic (exact) mass is 242 g/mol. The van der Waals surface area contributed by atoms with Crippen LogP contribution in [0.2, 0.25) is 0 Å². The highest BCUT2D eigenvalue weighted by molar-refractivity contribution is 5.79. The lowest BCUT2D eigenvalue weighted by Gasteiger charge is -2.55. The Labute approximate surface area is 98.0 Å². The first kappa shape index (κ1) is 10.8. The normalized spacial score (nSPS) is 46.8. The molecule has 0 spiro atoms. The first-order chi connectivity index (χ1) is 8.02. The highest BCUT2D eigenvalue weighted by atomic mass is 17.0. The van der Waals surface area contributed by atoms with Crippen molar-refractivity contribution in [3.8, 4) is 0 Å². The van der Waals surface area contributed by atoms with Crippen molar-refractivity contribution in [2.24, 2.45) is 23.7 Å². The molecule has 0 amide bonds. The van der Waals surface area contributed by atoms with Crippen LogP contribution in [0.4, 0.5) is 0 Å². The fourth-order valence-corrected chi connectivity index (χ4v) is 4.55. The van der Waals surface area contributed by atoms with E-state index < -0.39 is 16.7 Å². The van der Waals surface area contributed by atoms with Gasteiger partial charge in [0, 0.05) is 11.8 Å². The van der Waals surface area contributed by atoms with E-state index >= 15 is 0 Å². The maximum absolute atomic E-state index is 11.5. The molecule has 0 atom stereocenters. The van der Waals surface area contributed by atoms with Gasteiger partial charge in [0.1, 0.15) is 4.91 Å². The Balaban J connectivity index is 1.98. The maximum atomic E-state index is 11.5. The van der Waals surface area contributed by atoms with Gasteiger partial charge >= 0.3 is 11.1 Å². The predicted octanol–water partition coefficient (Wildman–Crippen LogP) is 1.37. The second-order valence-electron chi connectivity index (χ2n) is 5.73. The zero-order valence-corrected chi connectivity index (χ0v) is 9.41. The van der Waals surface area contributed by atoms with Gasteiger partial charge in [0.2, 0.25) is 0 Å². The summed E-state index contributed by atoms with van der Waals surface area (Å²) in [6.07, 6.45) is 4.38. The summed E-state index contributed by atoms with van der Waals surface area (Å²) in [4.78, 5) is 27.1. The Hall–Kier alpha value is -1.33.